The predicted molar refractivity (Wildman–Crippen MR) is 79.3 cm³/mol. The summed E-state index contributed by atoms with van der Waals surface area (Å²) in [5, 5.41) is 38.4. The summed E-state index contributed by atoms with van der Waals surface area (Å²) in [6.07, 6.45) is -6.16. The van der Waals surface area contributed by atoms with Crippen LogP contribution in [0.3, 0.4) is 0 Å². The molecule has 0 aromatic heterocycles. The minimum absolute atomic E-state index is 0.0768. The molecule has 2 rings (SSSR count). The lowest BCUT2D eigenvalue weighted by atomic mass is 9.99. The molecule has 1 heterocycles. The monoisotopic (exact) mass is 312 g/mol. The summed E-state index contributed by atoms with van der Waals surface area (Å²) in [6, 6.07) is 8.05. The quantitative estimate of drug-likeness (QED) is 0.607. The van der Waals surface area contributed by atoms with Crippen molar-refractivity contribution < 1.29 is 29.9 Å². The van der Waals surface area contributed by atoms with Crippen LogP contribution < -0.4 is 0 Å². The molecule has 0 aliphatic carbocycles. The molecule has 0 saturated carbocycles. The highest BCUT2D eigenvalue weighted by Crippen LogP contribution is 2.24. The number of hydrogen-bond acceptors (Lipinski definition) is 6. The Hall–Kier alpha value is -1.02. The maximum atomic E-state index is 9.90. The molecule has 2 unspecified atom stereocenters. The fraction of sp³-hybridized carbons (Fsp3) is 0.625. The molecule has 0 spiro atoms. The first-order valence-electron chi connectivity index (χ1n) is 7.42. The van der Waals surface area contributed by atoms with Crippen molar-refractivity contribution >= 4 is 0 Å². The summed E-state index contributed by atoms with van der Waals surface area (Å²) in [4.78, 5) is 0. The molecule has 1 aliphatic heterocycles. The van der Waals surface area contributed by atoms with Gasteiger partial charge in [-0.1, -0.05) is 36.8 Å². The first-order chi connectivity index (χ1) is 10.4. The van der Waals surface area contributed by atoms with E-state index in [9.17, 15) is 15.3 Å². The zero-order chi connectivity index (χ0) is 16.3. The standard InChI is InChI=1S/C16H24O6/c1-9-3-5-11(6-4-9)10(2)8-21-16-15(20)14(19)13(18)12(7-17)22-16/h3-6,10,12-20H,7-8H2,1-2H3/t10?,12-,13-,14+,15-,16?/m1/s1. The fourth-order valence-electron chi connectivity index (χ4n) is 2.44. The zero-order valence-corrected chi connectivity index (χ0v) is 12.8. The Morgan fingerprint density at radius 1 is 1.09 bits per heavy atom. The third-order valence-electron chi connectivity index (χ3n) is 4.01. The number of aliphatic hydroxyl groups is 4. The molecule has 0 bridgehead atoms. The van der Waals surface area contributed by atoms with Gasteiger partial charge in [-0.25, -0.2) is 0 Å². The van der Waals surface area contributed by atoms with E-state index in [0.717, 1.165) is 5.56 Å². The van der Waals surface area contributed by atoms with Crippen molar-refractivity contribution in [1.29, 1.82) is 0 Å². The third-order valence-corrected chi connectivity index (χ3v) is 4.01. The van der Waals surface area contributed by atoms with Crippen molar-refractivity contribution in [2.24, 2.45) is 0 Å². The Morgan fingerprint density at radius 2 is 1.73 bits per heavy atom. The van der Waals surface area contributed by atoms with Gasteiger partial charge in [-0.3, -0.25) is 0 Å². The first kappa shape index (κ1) is 17.3. The molecule has 1 saturated heterocycles. The molecule has 4 N–H and O–H groups in total. The minimum atomic E-state index is -1.41. The summed E-state index contributed by atoms with van der Waals surface area (Å²) in [6.45, 7) is 3.82. The van der Waals surface area contributed by atoms with Gasteiger partial charge in [0.2, 0.25) is 0 Å². The number of hydrogen-bond donors (Lipinski definition) is 4. The molecule has 124 valence electrons. The van der Waals surface area contributed by atoms with Crippen LogP contribution in [0.1, 0.15) is 24.0 Å². The van der Waals surface area contributed by atoms with E-state index in [1.54, 1.807) is 0 Å². The van der Waals surface area contributed by atoms with Crippen LogP contribution in [0.2, 0.25) is 0 Å². The van der Waals surface area contributed by atoms with Crippen LogP contribution in [0.15, 0.2) is 24.3 Å². The number of ether oxygens (including phenoxy) is 2. The molecular weight excluding hydrogens is 288 g/mol. The van der Waals surface area contributed by atoms with E-state index in [2.05, 4.69) is 0 Å². The predicted octanol–water partition coefficient (Wildman–Crippen LogP) is -0.0850. The van der Waals surface area contributed by atoms with Crippen LogP contribution in [-0.2, 0) is 9.47 Å². The second-order valence-electron chi connectivity index (χ2n) is 5.84. The average molecular weight is 312 g/mol. The van der Waals surface area contributed by atoms with Crippen LogP contribution in [0.5, 0.6) is 0 Å². The molecule has 1 fully saturated rings. The van der Waals surface area contributed by atoms with E-state index in [1.165, 1.54) is 5.56 Å². The summed E-state index contributed by atoms with van der Waals surface area (Å²) in [5.74, 6) is 0.0768. The van der Waals surface area contributed by atoms with Gasteiger partial charge >= 0.3 is 0 Å². The molecule has 6 nitrogen and oxygen atoms in total. The van der Waals surface area contributed by atoms with Crippen LogP contribution in [0.25, 0.3) is 0 Å². The van der Waals surface area contributed by atoms with E-state index in [4.69, 9.17) is 14.6 Å². The molecule has 6 atom stereocenters. The number of rotatable bonds is 5. The van der Waals surface area contributed by atoms with E-state index >= 15 is 0 Å². The largest absolute Gasteiger partial charge is 0.394 e. The van der Waals surface area contributed by atoms with Crippen LogP contribution in [0, 0.1) is 6.92 Å². The maximum Gasteiger partial charge on any atom is 0.186 e. The molecule has 1 aliphatic rings. The normalized spacial score (nSPS) is 33.6. The van der Waals surface area contributed by atoms with Crippen molar-refractivity contribution in [3.63, 3.8) is 0 Å². The summed E-state index contributed by atoms with van der Waals surface area (Å²) < 4.78 is 10.8. The van der Waals surface area contributed by atoms with E-state index in [0.29, 0.717) is 0 Å². The molecular formula is C16H24O6. The van der Waals surface area contributed by atoms with Gasteiger partial charge in [0.25, 0.3) is 0 Å². The maximum absolute atomic E-state index is 9.90. The summed E-state index contributed by atoms with van der Waals surface area (Å²) in [7, 11) is 0. The number of aliphatic hydroxyl groups excluding tert-OH is 4. The van der Waals surface area contributed by atoms with Crippen molar-refractivity contribution in [2.75, 3.05) is 13.2 Å². The van der Waals surface area contributed by atoms with Gasteiger partial charge in [-0.05, 0) is 12.5 Å². The van der Waals surface area contributed by atoms with Crippen LogP contribution in [-0.4, -0.2) is 64.3 Å². The Morgan fingerprint density at radius 3 is 2.32 bits per heavy atom. The van der Waals surface area contributed by atoms with E-state index in [1.807, 2.05) is 38.1 Å². The third kappa shape index (κ3) is 3.84. The van der Waals surface area contributed by atoms with Crippen molar-refractivity contribution in [2.45, 2.75) is 50.5 Å². The molecule has 1 aromatic rings. The molecule has 1 aromatic carbocycles. The van der Waals surface area contributed by atoms with Gasteiger partial charge < -0.3 is 29.9 Å². The van der Waals surface area contributed by atoms with Crippen molar-refractivity contribution in [3.05, 3.63) is 35.4 Å². The van der Waals surface area contributed by atoms with Gasteiger partial charge in [-0.15, -0.1) is 0 Å². The zero-order valence-electron chi connectivity index (χ0n) is 12.8. The highest BCUT2D eigenvalue weighted by Gasteiger charge is 2.44. The highest BCUT2D eigenvalue weighted by atomic mass is 16.7. The Bertz CT molecular complexity index is 460. The van der Waals surface area contributed by atoms with Crippen LogP contribution >= 0.6 is 0 Å². The lowest BCUT2D eigenvalue weighted by Gasteiger charge is -2.39. The second kappa shape index (κ2) is 7.50. The minimum Gasteiger partial charge on any atom is -0.394 e. The molecule has 6 heteroatoms. The van der Waals surface area contributed by atoms with E-state index < -0.39 is 37.3 Å². The number of benzene rings is 1. The SMILES string of the molecule is Cc1ccc(C(C)COC2O[C@H](CO)[C@@H](O)[C@H](O)[C@H]2O)cc1. The Kier molecular flexibility index (Phi) is 5.91. The smallest absolute Gasteiger partial charge is 0.186 e. The Balaban J connectivity index is 1.93. The first-order valence-corrected chi connectivity index (χ1v) is 7.42. The van der Waals surface area contributed by atoms with Crippen LogP contribution in [0.4, 0.5) is 0 Å². The van der Waals surface area contributed by atoms with Gasteiger partial charge in [0.1, 0.15) is 24.4 Å². The lowest BCUT2D eigenvalue weighted by molar-refractivity contribution is -0.301. The second-order valence-corrected chi connectivity index (χ2v) is 5.84. The van der Waals surface area contributed by atoms with E-state index in [-0.39, 0.29) is 12.5 Å². The Labute approximate surface area is 129 Å². The van der Waals surface area contributed by atoms with Crippen molar-refractivity contribution in [1.82, 2.24) is 0 Å². The van der Waals surface area contributed by atoms with Gasteiger partial charge in [-0.2, -0.15) is 0 Å². The van der Waals surface area contributed by atoms with Crippen molar-refractivity contribution in [3.8, 4) is 0 Å². The topological polar surface area (TPSA) is 99.4 Å². The average Bonchev–Trinajstić information content (AvgIpc) is 2.52. The van der Waals surface area contributed by atoms with Gasteiger partial charge in [0, 0.05) is 5.92 Å². The molecule has 0 amide bonds. The molecule has 0 radical (unpaired) electrons. The highest BCUT2D eigenvalue weighted by molar-refractivity contribution is 5.24. The van der Waals surface area contributed by atoms with Gasteiger partial charge in [0.15, 0.2) is 6.29 Å². The lowest BCUT2D eigenvalue weighted by Crippen LogP contribution is -2.59. The summed E-state index contributed by atoms with van der Waals surface area (Å²) >= 11 is 0. The van der Waals surface area contributed by atoms with Gasteiger partial charge in [0.05, 0.1) is 13.2 Å². The number of aryl methyl sites for hydroxylation is 1. The molecule has 22 heavy (non-hydrogen) atoms. The summed E-state index contributed by atoms with van der Waals surface area (Å²) in [5.41, 5.74) is 2.26. The fourth-order valence-corrected chi connectivity index (χ4v) is 2.44.